The van der Waals surface area contributed by atoms with Crippen molar-refractivity contribution in [3.05, 3.63) is 29.8 Å². The van der Waals surface area contributed by atoms with Crippen molar-refractivity contribution in [3.63, 3.8) is 0 Å². The van der Waals surface area contributed by atoms with Crippen molar-refractivity contribution in [2.45, 2.75) is 10.8 Å². The first-order valence-electron chi connectivity index (χ1n) is 5.01. The quantitative estimate of drug-likeness (QED) is 0.836. The topological polar surface area (TPSA) is 78.8 Å². The van der Waals surface area contributed by atoms with E-state index < -0.39 is 29.1 Å². The largest absolute Gasteiger partial charge is 0.390 e. The molecule has 0 spiro atoms. The number of sulfonamides is 1. The van der Waals surface area contributed by atoms with Crippen LogP contribution in [0.3, 0.4) is 0 Å². The molecule has 18 heavy (non-hydrogen) atoms. The van der Waals surface area contributed by atoms with E-state index in [-0.39, 0.29) is 16.3 Å². The number of fused-ring (bicyclic) bond motifs is 1. The molecule has 2 rings (SSSR count). The van der Waals surface area contributed by atoms with Gasteiger partial charge < -0.3 is 5.11 Å². The lowest BCUT2D eigenvalue weighted by Gasteiger charge is -2.09. The van der Waals surface area contributed by atoms with Gasteiger partial charge in [-0.2, -0.15) is 0 Å². The smallest absolute Gasteiger partial charge is 0.289 e. The number of aliphatic hydroxyl groups is 1. The SMILES string of the molecule is O=S1(=O)NC(=NCC(F)(F)CO)c2ccccc21. The molecule has 0 radical (unpaired) electrons. The van der Waals surface area contributed by atoms with Crippen molar-refractivity contribution in [2.75, 3.05) is 13.2 Å². The first-order chi connectivity index (χ1) is 8.36. The molecule has 0 aromatic heterocycles. The van der Waals surface area contributed by atoms with Gasteiger partial charge in [0.25, 0.3) is 15.9 Å². The highest BCUT2D eigenvalue weighted by atomic mass is 32.2. The summed E-state index contributed by atoms with van der Waals surface area (Å²) < 4.78 is 51.0. The number of rotatable bonds is 3. The van der Waals surface area contributed by atoms with Crippen LogP contribution in [0.2, 0.25) is 0 Å². The number of alkyl halides is 2. The summed E-state index contributed by atoms with van der Waals surface area (Å²) >= 11 is 0. The fraction of sp³-hybridized carbons (Fsp3) is 0.300. The van der Waals surface area contributed by atoms with Crippen LogP contribution in [-0.4, -0.2) is 38.4 Å². The van der Waals surface area contributed by atoms with Crippen LogP contribution < -0.4 is 4.72 Å². The van der Waals surface area contributed by atoms with Crippen LogP contribution >= 0.6 is 0 Å². The zero-order chi connectivity index (χ0) is 13.4. The van der Waals surface area contributed by atoms with Gasteiger partial charge in [-0.15, -0.1) is 0 Å². The van der Waals surface area contributed by atoms with Gasteiger partial charge in [0, 0.05) is 5.56 Å². The van der Waals surface area contributed by atoms with E-state index in [2.05, 4.69) is 9.71 Å². The monoisotopic (exact) mass is 276 g/mol. The number of nitrogens with one attached hydrogen (secondary N) is 1. The normalized spacial score (nSPS) is 19.6. The molecular formula is C10H10F2N2O3S. The second kappa shape index (κ2) is 4.29. The Morgan fingerprint density at radius 2 is 2.00 bits per heavy atom. The Balaban J connectivity index is 2.37. The summed E-state index contributed by atoms with van der Waals surface area (Å²) in [6.07, 6.45) is 0. The highest BCUT2D eigenvalue weighted by Gasteiger charge is 2.32. The molecule has 2 N–H and O–H groups in total. The van der Waals surface area contributed by atoms with E-state index in [1.807, 2.05) is 0 Å². The van der Waals surface area contributed by atoms with Crippen LogP contribution in [0.1, 0.15) is 5.56 Å². The average Bonchev–Trinajstić information content (AvgIpc) is 2.60. The predicted molar refractivity (Wildman–Crippen MR) is 60.2 cm³/mol. The molecule has 0 fully saturated rings. The van der Waals surface area contributed by atoms with Gasteiger partial charge >= 0.3 is 0 Å². The minimum atomic E-state index is -3.72. The first-order valence-corrected chi connectivity index (χ1v) is 6.49. The standard InChI is InChI=1S/C10H10F2N2O3S/c11-10(12,6-15)5-13-9-7-3-1-2-4-8(7)18(16,17)14-9/h1-4,15H,5-6H2,(H,13,14). The summed E-state index contributed by atoms with van der Waals surface area (Å²) in [6, 6.07) is 5.96. The lowest BCUT2D eigenvalue weighted by atomic mass is 10.2. The van der Waals surface area contributed by atoms with E-state index in [1.165, 1.54) is 18.2 Å². The number of hydrogen-bond donors (Lipinski definition) is 2. The maximum atomic E-state index is 12.8. The van der Waals surface area contributed by atoms with Gasteiger partial charge in [-0.1, -0.05) is 12.1 Å². The number of halogens is 2. The van der Waals surface area contributed by atoms with E-state index in [1.54, 1.807) is 6.07 Å². The van der Waals surface area contributed by atoms with Crippen LogP contribution in [0, 0.1) is 0 Å². The number of benzene rings is 1. The summed E-state index contributed by atoms with van der Waals surface area (Å²) in [5.74, 6) is -3.49. The first kappa shape index (κ1) is 12.9. The molecule has 0 aliphatic carbocycles. The van der Waals surface area contributed by atoms with Gasteiger partial charge in [0.2, 0.25) is 0 Å². The number of aliphatic imine (C=N–C) groups is 1. The maximum absolute atomic E-state index is 12.8. The van der Waals surface area contributed by atoms with Crippen molar-refractivity contribution < 1.29 is 22.3 Å². The molecule has 5 nitrogen and oxygen atoms in total. The second-order valence-corrected chi connectivity index (χ2v) is 5.43. The van der Waals surface area contributed by atoms with Crippen molar-refractivity contribution in [1.29, 1.82) is 0 Å². The molecular weight excluding hydrogens is 266 g/mol. The third-order valence-corrected chi connectivity index (χ3v) is 3.76. The fourth-order valence-electron chi connectivity index (χ4n) is 1.50. The van der Waals surface area contributed by atoms with Gasteiger partial charge in [-0.05, 0) is 12.1 Å². The Kier molecular flexibility index (Phi) is 3.07. The minimum absolute atomic E-state index is 0.0102. The summed E-state index contributed by atoms with van der Waals surface area (Å²) in [7, 11) is -3.72. The Morgan fingerprint density at radius 3 is 2.67 bits per heavy atom. The zero-order valence-electron chi connectivity index (χ0n) is 9.10. The van der Waals surface area contributed by atoms with Crippen LogP contribution in [-0.2, 0) is 10.0 Å². The molecule has 0 amide bonds. The van der Waals surface area contributed by atoms with Gasteiger partial charge in [0.05, 0.1) is 4.90 Å². The molecule has 1 aliphatic rings. The third kappa shape index (κ3) is 2.34. The van der Waals surface area contributed by atoms with Crippen molar-refractivity contribution >= 4 is 15.9 Å². The van der Waals surface area contributed by atoms with Crippen LogP contribution in [0.4, 0.5) is 8.78 Å². The van der Waals surface area contributed by atoms with E-state index in [9.17, 15) is 17.2 Å². The molecule has 1 aromatic rings. The molecule has 8 heteroatoms. The van der Waals surface area contributed by atoms with Crippen molar-refractivity contribution in [3.8, 4) is 0 Å². The average molecular weight is 276 g/mol. The van der Waals surface area contributed by atoms with Gasteiger partial charge in [-0.25, -0.2) is 17.2 Å². The maximum Gasteiger partial charge on any atom is 0.289 e. The van der Waals surface area contributed by atoms with Gasteiger partial charge in [-0.3, -0.25) is 9.71 Å². The van der Waals surface area contributed by atoms with Crippen molar-refractivity contribution in [2.24, 2.45) is 4.99 Å². The van der Waals surface area contributed by atoms with Crippen LogP contribution in [0.25, 0.3) is 0 Å². The predicted octanol–water partition coefficient (Wildman–Crippen LogP) is 0.353. The van der Waals surface area contributed by atoms with E-state index >= 15 is 0 Å². The van der Waals surface area contributed by atoms with Crippen LogP contribution in [0.15, 0.2) is 34.2 Å². The summed E-state index contributed by atoms with van der Waals surface area (Å²) in [6.45, 7) is -2.31. The molecule has 0 bridgehead atoms. The highest BCUT2D eigenvalue weighted by molar-refractivity contribution is 7.90. The molecule has 1 heterocycles. The molecule has 1 aromatic carbocycles. The number of amidine groups is 1. The molecule has 0 unspecified atom stereocenters. The summed E-state index contributed by atoms with van der Waals surface area (Å²) in [5.41, 5.74) is 0.256. The van der Waals surface area contributed by atoms with E-state index in [0.717, 1.165) is 0 Å². The Hall–Kier alpha value is -1.54. The van der Waals surface area contributed by atoms with Crippen LogP contribution in [0.5, 0.6) is 0 Å². The van der Waals surface area contributed by atoms with Gasteiger partial charge in [0.15, 0.2) is 0 Å². The van der Waals surface area contributed by atoms with E-state index in [0.29, 0.717) is 0 Å². The molecule has 0 atom stereocenters. The number of nitrogens with zero attached hydrogens (tertiary/aromatic N) is 1. The molecule has 98 valence electrons. The summed E-state index contributed by atoms with van der Waals surface area (Å²) in [5, 5.41) is 8.41. The lowest BCUT2D eigenvalue weighted by molar-refractivity contribution is -0.0404. The Morgan fingerprint density at radius 1 is 1.33 bits per heavy atom. The van der Waals surface area contributed by atoms with Gasteiger partial charge in [0.1, 0.15) is 19.0 Å². The number of aliphatic hydroxyl groups excluding tert-OH is 1. The second-order valence-electron chi connectivity index (χ2n) is 3.78. The molecule has 0 saturated heterocycles. The minimum Gasteiger partial charge on any atom is -0.390 e. The highest BCUT2D eigenvalue weighted by Crippen LogP contribution is 2.23. The Labute approximate surface area is 102 Å². The van der Waals surface area contributed by atoms with Crippen molar-refractivity contribution in [1.82, 2.24) is 4.72 Å². The lowest BCUT2D eigenvalue weighted by Crippen LogP contribution is -2.28. The number of hydrogen-bond acceptors (Lipinski definition) is 4. The third-order valence-electron chi connectivity index (χ3n) is 2.36. The Bertz CT molecular complexity index is 599. The fourth-order valence-corrected chi connectivity index (χ4v) is 2.75. The summed E-state index contributed by atoms with van der Waals surface area (Å²) in [4.78, 5) is 3.53. The molecule has 1 aliphatic heterocycles. The zero-order valence-corrected chi connectivity index (χ0v) is 9.92. The molecule has 0 saturated carbocycles. The van der Waals surface area contributed by atoms with E-state index in [4.69, 9.17) is 5.11 Å².